The lowest BCUT2D eigenvalue weighted by Crippen LogP contribution is -2.14. The van der Waals surface area contributed by atoms with E-state index in [1.165, 1.54) is 12.1 Å². The Morgan fingerprint density at radius 3 is 2.36 bits per heavy atom. The Kier molecular flexibility index (Phi) is 6.07. The molecule has 0 radical (unpaired) electrons. The summed E-state index contributed by atoms with van der Waals surface area (Å²) in [6, 6.07) is 11.4. The van der Waals surface area contributed by atoms with E-state index in [1.807, 2.05) is 0 Å². The fourth-order valence-corrected chi connectivity index (χ4v) is 1.92. The summed E-state index contributed by atoms with van der Waals surface area (Å²) in [4.78, 5) is 11.3. The summed E-state index contributed by atoms with van der Waals surface area (Å²) < 4.78 is 47.8. The summed E-state index contributed by atoms with van der Waals surface area (Å²) in [5.74, 6) is 5.52. The number of esters is 1. The summed E-state index contributed by atoms with van der Waals surface area (Å²) in [5.41, 5.74) is 0.233. The van der Waals surface area contributed by atoms with Crippen LogP contribution in [0.3, 0.4) is 0 Å². The first-order valence-electron chi connectivity index (χ1n) is 7.47. The Balaban J connectivity index is 2.13. The van der Waals surface area contributed by atoms with Crippen LogP contribution in [0, 0.1) is 11.8 Å². The molecule has 0 aliphatic heterocycles. The number of benzene rings is 2. The van der Waals surface area contributed by atoms with E-state index in [9.17, 15) is 18.0 Å². The van der Waals surface area contributed by atoms with Gasteiger partial charge in [0.05, 0.1) is 17.7 Å². The van der Waals surface area contributed by atoms with E-state index in [1.54, 1.807) is 31.2 Å². The van der Waals surface area contributed by atoms with Crippen molar-refractivity contribution >= 4 is 5.97 Å². The molecule has 0 spiro atoms. The molecular weight excluding hydrogens is 333 g/mol. The van der Waals surface area contributed by atoms with Gasteiger partial charge in [-0.15, -0.1) is 0 Å². The van der Waals surface area contributed by atoms with E-state index in [-0.39, 0.29) is 13.2 Å². The summed E-state index contributed by atoms with van der Waals surface area (Å²) in [5, 5.41) is 0. The minimum Gasteiger partial charge on any atom is -0.481 e. The highest BCUT2D eigenvalue weighted by molar-refractivity contribution is 5.71. The fraction of sp³-hybridized carbons (Fsp3) is 0.211. The molecule has 0 aliphatic carbocycles. The number of hydrogen-bond donors (Lipinski definition) is 0. The van der Waals surface area contributed by atoms with Crippen LogP contribution in [0.15, 0.2) is 48.5 Å². The summed E-state index contributed by atoms with van der Waals surface area (Å²) in [6.45, 7) is 1.71. The average Bonchev–Trinajstić information content (AvgIpc) is 2.59. The fourth-order valence-electron chi connectivity index (χ4n) is 1.92. The van der Waals surface area contributed by atoms with Crippen LogP contribution < -0.4 is 4.74 Å². The van der Waals surface area contributed by atoms with Gasteiger partial charge in [-0.25, -0.2) is 4.79 Å². The minimum atomic E-state index is -4.38. The molecule has 0 unspecified atom stereocenters. The van der Waals surface area contributed by atoms with Gasteiger partial charge in [-0.1, -0.05) is 24.0 Å². The number of ether oxygens (including phenoxy) is 2. The monoisotopic (exact) mass is 348 g/mol. The highest BCUT2D eigenvalue weighted by Gasteiger charge is 2.29. The van der Waals surface area contributed by atoms with Crippen LogP contribution in [0.4, 0.5) is 13.2 Å². The second kappa shape index (κ2) is 8.25. The van der Waals surface area contributed by atoms with E-state index in [0.29, 0.717) is 16.9 Å². The van der Waals surface area contributed by atoms with Crippen molar-refractivity contribution < 1.29 is 27.4 Å². The van der Waals surface area contributed by atoms with Crippen LogP contribution in [0.1, 0.15) is 23.6 Å². The van der Waals surface area contributed by atoms with Gasteiger partial charge < -0.3 is 9.47 Å². The van der Waals surface area contributed by atoms with Crippen molar-refractivity contribution in [2.75, 3.05) is 13.2 Å². The molecule has 0 fully saturated rings. The van der Waals surface area contributed by atoms with Crippen LogP contribution in [0.5, 0.6) is 5.75 Å². The third-order valence-corrected chi connectivity index (χ3v) is 3.09. The molecule has 0 saturated heterocycles. The molecule has 2 aromatic rings. The molecule has 3 nitrogen and oxygen atoms in total. The van der Waals surface area contributed by atoms with Crippen LogP contribution in [-0.4, -0.2) is 19.2 Å². The Labute approximate surface area is 143 Å². The Morgan fingerprint density at radius 1 is 1.04 bits per heavy atom. The molecule has 2 rings (SSSR count). The number of carbonyl (C=O) groups is 1. The van der Waals surface area contributed by atoms with E-state index in [4.69, 9.17) is 9.47 Å². The van der Waals surface area contributed by atoms with Gasteiger partial charge in [-0.05, 0) is 43.3 Å². The highest BCUT2D eigenvalue weighted by atomic mass is 19.4. The number of carbonyl (C=O) groups excluding carboxylic acids is 1. The molecular formula is C19H15F3O3. The van der Waals surface area contributed by atoms with Crippen molar-refractivity contribution in [2.24, 2.45) is 0 Å². The molecule has 130 valence electrons. The normalized spacial score (nSPS) is 10.6. The SMILES string of the molecule is CCOC(=O)COc1ccccc1C#Cc1ccc(C(F)(F)F)cc1. The lowest BCUT2D eigenvalue weighted by Gasteiger charge is -2.07. The smallest absolute Gasteiger partial charge is 0.416 e. The number of halogens is 3. The van der Waals surface area contributed by atoms with Crippen molar-refractivity contribution in [3.8, 4) is 17.6 Å². The van der Waals surface area contributed by atoms with Gasteiger partial charge in [0.2, 0.25) is 0 Å². The van der Waals surface area contributed by atoms with E-state index < -0.39 is 17.7 Å². The predicted octanol–water partition coefficient (Wildman–Crippen LogP) is 4.05. The first-order chi connectivity index (χ1) is 11.9. The molecule has 0 saturated carbocycles. The average molecular weight is 348 g/mol. The molecule has 0 bridgehead atoms. The number of para-hydroxylation sites is 1. The molecule has 0 aliphatic rings. The highest BCUT2D eigenvalue weighted by Crippen LogP contribution is 2.29. The van der Waals surface area contributed by atoms with Crippen molar-refractivity contribution in [1.29, 1.82) is 0 Å². The molecule has 6 heteroatoms. The van der Waals surface area contributed by atoms with E-state index in [2.05, 4.69) is 11.8 Å². The van der Waals surface area contributed by atoms with Gasteiger partial charge in [-0.2, -0.15) is 13.2 Å². The van der Waals surface area contributed by atoms with Crippen LogP contribution in [0.2, 0.25) is 0 Å². The Bertz CT molecular complexity index is 784. The molecule has 0 heterocycles. The topological polar surface area (TPSA) is 35.5 Å². The van der Waals surface area contributed by atoms with Crippen LogP contribution in [0.25, 0.3) is 0 Å². The largest absolute Gasteiger partial charge is 0.481 e. The Hall–Kier alpha value is -2.94. The standard InChI is InChI=1S/C19H15F3O3/c1-2-24-18(23)13-25-17-6-4-3-5-15(17)10-7-14-8-11-16(12-9-14)19(20,21)22/h3-6,8-9,11-12H,2,13H2,1H3. The Morgan fingerprint density at radius 2 is 1.72 bits per heavy atom. The van der Waals surface area contributed by atoms with Gasteiger partial charge in [-0.3, -0.25) is 0 Å². The number of hydrogen-bond acceptors (Lipinski definition) is 3. The van der Waals surface area contributed by atoms with Crippen LogP contribution in [-0.2, 0) is 15.7 Å². The van der Waals surface area contributed by atoms with Crippen molar-refractivity contribution in [3.63, 3.8) is 0 Å². The zero-order valence-corrected chi connectivity index (χ0v) is 13.4. The summed E-state index contributed by atoms with van der Waals surface area (Å²) in [6.07, 6.45) is -4.38. The summed E-state index contributed by atoms with van der Waals surface area (Å²) in [7, 11) is 0. The van der Waals surface area contributed by atoms with Crippen molar-refractivity contribution in [3.05, 3.63) is 65.2 Å². The number of rotatable bonds is 4. The lowest BCUT2D eigenvalue weighted by atomic mass is 10.1. The number of alkyl halides is 3. The predicted molar refractivity (Wildman–Crippen MR) is 86.0 cm³/mol. The van der Waals surface area contributed by atoms with E-state index in [0.717, 1.165) is 12.1 Å². The van der Waals surface area contributed by atoms with Gasteiger partial charge >= 0.3 is 12.1 Å². The molecule has 0 atom stereocenters. The van der Waals surface area contributed by atoms with Crippen molar-refractivity contribution in [2.45, 2.75) is 13.1 Å². The quantitative estimate of drug-likeness (QED) is 0.618. The third kappa shape index (κ3) is 5.57. The van der Waals surface area contributed by atoms with E-state index >= 15 is 0 Å². The lowest BCUT2D eigenvalue weighted by molar-refractivity contribution is -0.145. The maximum Gasteiger partial charge on any atom is 0.416 e. The second-order valence-corrected chi connectivity index (χ2v) is 4.91. The molecule has 2 aromatic carbocycles. The molecule has 0 N–H and O–H groups in total. The van der Waals surface area contributed by atoms with Gasteiger partial charge in [0.25, 0.3) is 0 Å². The molecule has 0 aromatic heterocycles. The third-order valence-electron chi connectivity index (χ3n) is 3.09. The minimum absolute atomic E-state index is 0.243. The van der Waals surface area contributed by atoms with Gasteiger partial charge in [0.15, 0.2) is 6.61 Å². The first kappa shape index (κ1) is 18.4. The second-order valence-electron chi connectivity index (χ2n) is 4.91. The zero-order chi connectivity index (χ0) is 18.3. The maximum absolute atomic E-state index is 12.5. The van der Waals surface area contributed by atoms with Gasteiger partial charge in [0, 0.05) is 5.56 Å². The van der Waals surface area contributed by atoms with Crippen LogP contribution >= 0.6 is 0 Å². The first-order valence-corrected chi connectivity index (χ1v) is 7.47. The van der Waals surface area contributed by atoms with Crippen molar-refractivity contribution in [1.82, 2.24) is 0 Å². The zero-order valence-electron chi connectivity index (χ0n) is 13.4. The molecule has 0 amide bonds. The van der Waals surface area contributed by atoms with Gasteiger partial charge in [0.1, 0.15) is 5.75 Å². The maximum atomic E-state index is 12.5. The molecule has 25 heavy (non-hydrogen) atoms. The summed E-state index contributed by atoms with van der Waals surface area (Å²) >= 11 is 0.